The van der Waals surface area contributed by atoms with Crippen molar-refractivity contribution in [3.63, 3.8) is 0 Å². The molecular weight excluding hydrogens is 288 g/mol. The summed E-state index contributed by atoms with van der Waals surface area (Å²) in [6.07, 6.45) is 0.820. The van der Waals surface area contributed by atoms with E-state index in [1.807, 2.05) is 31.2 Å². The van der Waals surface area contributed by atoms with Gasteiger partial charge in [-0.05, 0) is 44.5 Å². The van der Waals surface area contributed by atoms with Crippen molar-refractivity contribution >= 4 is 21.4 Å². The van der Waals surface area contributed by atoms with Gasteiger partial charge >= 0.3 is 0 Å². The second-order valence-corrected chi connectivity index (χ2v) is 7.46. The Labute approximate surface area is 127 Å². The summed E-state index contributed by atoms with van der Waals surface area (Å²) >= 11 is 0. The smallest absolute Gasteiger partial charge is 0.232 e. The summed E-state index contributed by atoms with van der Waals surface area (Å²) in [5.74, 6) is 0.146. The number of hydrogen-bond donors (Lipinski definition) is 1. The molecule has 1 aliphatic rings. The summed E-state index contributed by atoms with van der Waals surface area (Å²) in [4.78, 5) is 2.29. The third-order valence-electron chi connectivity index (χ3n) is 3.55. The minimum Gasteiger partial charge on any atom is -0.375 e. The molecule has 118 valence electrons. The lowest BCUT2D eigenvalue weighted by Crippen LogP contribution is -2.47. The zero-order valence-electron chi connectivity index (χ0n) is 12.9. The van der Waals surface area contributed by atoms with Gasteiger partial charge in [-0.15, -0.1) is 0 Å². The lowest BCUT2D eigenvalue weighted by atomic mass is 10.1. The molecule has 5 nitrogen and oxygen atoms in total. The van der Waals surface area contributed by atoms with E-state index >= 15 is 0 Å². The maximum absolute atomic E-state index is 11.7. The molecule has 21 heavy (non-hydrogen) atoms. The predicted octanol–water partition coefficient (Wildman–Crippen LogP) is 2.45. The third-order valence-corrected chi connectivity index (χ3v) is 5.05. The van der Waals surface area contributed by atoms with Gasteiger partial charge in [0.05, 0.1) is 18.5 Å². The lowest BCUT2D eigenvalue weighted by molar-refractivity contribution is 0.0344. The largest absolute Gasteiger partial charge is 0.375 e. The highest BCUT2D eigenvalue weighted by atomic mass is 32.2. The summed E-state index contributed by atoms with van der Waals surface area (Å²) in [5, 5.41) is 0. The topological polar surface area (TPSA) is 58.6 Å². The van der Waals surface area contributed by atoms with Crippen LogP contribution in [0.15, 0.2) is 24.3 Å². The van der Waals surface area contributed by atoms with Gasteiger partial charge in [-0.3, -0.25) is 4.72 Å². The Morgan fingerprint density at radius 3 is 2.57 bits per heavy atom. The van der Waals surface area contributed by atoms with E-state index in [0.717, 1.165) is 12.2 Å². The number of anilines is 2. The average Bonchev–Trinajstić information content (AvgIpc) is 2.42. The molecule has 1 aliphatic heterocycles. The molecule has 1 aromatic rings. The minimum atomic E-state index is -3.23. The van der Waals surface area contributed by atoms with Gasteiger partial charge in [0, 0.05) is 24.0 Å². The van der Waals surface area contributed by atoms with Gasteiger partial charge < -0.3 is 9.64 Å². The van der Waals surface area contributed by atoms with Crippen LogP contribution in [0.2, 0.25) is 0 Å². The van der Waals surface area contributed by atoms with E-state index in [2.05, 4.69) is 23.5 Å². The predicted molar refractivity (Wildman–Crippen MR) is 86.4 cm³/mol. The molecule has 1 N–H and O–H groups in total. The minimum absolute atomic E-state index is 0.146. The quantitative estimate of drug-likeness (QED) is 0.907. The first kappa shape index (κ1) is 16.1. The van der Waals surface area contributed by atoms with Gasteiger partial charge in [0.1, 0.15) is 0 Å². The molecule has 0 spiro atoms. The van der Waals surface area contributed by atoms with Crippen LogP contribution in [0.4, 0.5) is 11.4 Å². The normalized spacial score (nSPS) is 23.1. The average molecular weight is 312 g/mol. The Morgan fingerprint density at radius 2 is 1.95 bits per heavy atom. The Bertz CT molecular complexity index is 557. The Balaban J connectivity index is 2.08. The Kier molecular flexibility index (Phi) is 5.11. The molecule has 6 heteroatoms. The standard InChI is InChI=1S/C15H24N2O3S/c1-4-9-21(18,19)16-14-5-7-15(8-6-14)17-10-13(3)20-11-12(17)2/h5-8,12-13,16H,4,9-11H2,1-3H3. The van der Waals surface area contributed by atoms with Crippen LogP contribution in [0.3, 0.4) is 0 Å². The van der Waals surface area contributed by atoms with Crippen LogP contribution >= 0.6 is 0 Å². The molecule has 1 fully saturated rings. The lowest BCUT2D eigenvalue weighted by Gasteiger charge is -2.38. The Morgan fingerprint density at radius 1 is 1.29 bits per heavy atom. The monoisotopic (exact) mass is 312 g/mol. The summed E-state index contributed by atoms with van der Waals surface area (Å²) in [6, 6.07) is 7.87. The number of rotatable bonds is 5. The molecule has 0 amide bonds. The van der Waals surface area contributed by atoms with Crippen molar-refractivity contribution in [2.45, 2.75) is 39.3 Å². The van der Waals surface area contributed by atoms with E-state index in [-0.39, 0.29) is 11.9 Å². The summed E-state index contributed by atoms with van der Waals surface area (Å²) < 4.78 is 31.7. The van der Waals surface area contributed by atoms with E-state index in [9.17, 15) is 8.42 Å². The van der Waals surface area contributed by atoms with Crippen molar-refractivity contribution in [1.82, 2.24) is 0 Å². The van der Waals surface area contributed by atoms with Crippen LogP contribution in [0.25, 0.3) is 0 Å². The number of morpholine rings is 1. The van der Waals surface area contributed by atoms with Crippen molar-refractivity contribution in [1.29, 1.82) is 0 Å². The second kappa shape index (κ2) is 6.66. The van der Waals surface area contributed by atoms with Gasteiger partial charge in [0.2, 0.25) is 10.0 Å². The van der Waals surface area contributed by atoms with E-state index in [1.54, 1.807) is 0 Å². The van der Waals surface area contributed by atoms with Crippen LogP contribution in [0.1, 0.15) is 27.2 Å². The van der Waals surface area contributed by atoms with E-state index in [0.29, 0.717) is 24.8 Å². The molecule has 2 rings (SSSR count). The maximum atomic E-state index is 11.7. The van der Waals surface area contributed by atoms with Crippen molar-refractivity contribution in [3.05, 3.63) is 24.3 Å². The fourth-order valence-electron chi connectivity index (χ4n) is 2.48. The van der Waals surface area contributed by atoms with Gasteiger partial charge in [-0.2, -0.15) is 0 Å². The van der Waals surface area contributed by atoms with E-state index < -0.39 is 10.0 Å². The number of ether oxygens (including phenoxy) is 1. The van der Waals surface area contributed by atoms with Gasteiger partial charge in [0.15, 0.2) is 0 Å². The summed E-state index contributed by atoms with van der Waals surface area (Å²) in [5.41, 5.74) is 1.71. The number of benzene rings is 1. The SMILES string of the molecule is CCCS(=O)(=O)Nc1ccc(N2CC(C)OCC2C)cc1. The summed E-state index contributed by atoms with van der Waals surface area (Å²) in [6.45, 7) is 7.60. The molecule has 0 aliphatic carbocycles. The van der Waals surface area contributed by atoms with Crippen LogP contribution in [0, 0.1) is 0 Å². The van der Waals surface area contributed by atoms with Crippen LogP contribution < -0.4 is 9.62 Å². The second-order valence-electron chi connectivity index (χ2n) is 5.61. The molecular formula is C15H24N2O3S. The van der Waals surface area contributed by atoms with Gasteiger partial charge in [-0.1, -0.05) is 6.92 Å². The van der Waals surface area contributed by atoms with Crippen LogP contribution in [0.5, 0.6) is 0 Å². The molecule has 0 saturated carbocycles. The van der Waals surface area contributed by atoms with Crippen LogP contribution in [-0.2, 0) is 14.8 Å². The number of hydrogen-bond acceptors (Lipinski definition) is 4. The van der Waals surface area contributed by atoms with Crippen molar-refractivity contribution in [3.8, 4) is 0 Å². The van der Waals surface area contributed by atoms with Gasteiger partial charge in [0.25, 0.3) is 0 Å². The molecule has 1 aromatic carbocycles. The third kappa shape index (κ3) is 4.35. The molecule has 2 unspecified atom stereocenters. The summed E-state index contributed by atoms with van der Waals surface area (Å²) in [7, 11) is -3.23. The van der Waals surface area contributed by atoms with Crippen molar-refractivity contribution in [2.75, 3.05) is 28.5 Å². The fraction of sp³-hybridized carbons (Fsp3) is 0.600. The van der Waals surface area contributed by atoms with E-state index in [1.165, 1.54) is 0 Å². The molecule has 1 saturated heterocycles. The highest BCUT2D eigenvalue weighted by molar-refractivity contribution is 7.92. The first-order valence-electron chi connectivity index (χ1n) is 7.40. The molecule has 0 bridgehead atoms. The number of sulfonamides is 1. The van der Waals surface area contributed by atoms with Gasteiger partial charge in [-0.25, -0.2) is 8.42 Å². The van der Waals surface area contributed by atoms with Crippen LogP contribution in [-0.4, -0.2) is 39.5 Å². The van der Waals surface area contributed by atoms with E-state index in [4.69, 9.17) is 4.74 Å². The van der Waals surface area contributed by atoms with Crippen molar-refractivity contribution in [2.24, 2.45) is 0 Å². The number of nitrogens with one attached hydrogen (secondary N) is 1. The fourth-order valence-corrected chi connectivity index (χ4v) is 3.62. The zero-order chi connectivity index (χ0) is 15.5. The Hall–Kier alpha value is -1.27. The first-order chi connectivity index (χ1) is 9.91. The molecule has 0 radical (unpaired) electrons. The zero-order valence-corrected chi connectivity index (χ0v) is 13.7. The van der Waals surface area contributed by atoms with Crippen molar-refractivity contribution < 1.29 is 13.2 Å². The first-order valence-corrected chi connectivity index (χ1v) is 9.05. The molecule has 1 heterocycles. The highest BCUT2D eigenvalue weighted by Crippen LogP contribution is 2.24. The maximum Gasteiger partial charge on any atom is 0.232 e. The number of nitrogens with zero attached hydrogens (tertiary/aromatic N) is 1. The molecule has 0 aromatic heterocycles. The molecule has 2 atom stereocenters. The highest BCUT2D eigenvalue weighted by Gasteiger charge is 2.23.